The molecule has 0 radical (unpaired) electrons. The normalized spacial score (nSPS) is 19.0. The van der Waals surface area contributed by atoms with Crippen molar-refractivity contribution in [1.82, 2.24) is 4.90 Å². The number of carbonyl (C=O) groups is 1. The number of esters is 1. The summed E-state index contributed by atoms with van der Waals surface area (Å²) in [6.45, 7) is 7.45. The number of hydrogen-bond donors (Lipinski definition) is 1. The molecule has 0 aromatic carbocycles. The number of nitrogens with zero attached hydrogens (tertiary/aromatic N) is 1. The molecule has 1 fully saturated rings. The van der Waals surface area contributed by atoms with Crippen molar-refractivity contribution in [3.63, 3.8) is 0 Å². The monoisotopic (exact) mass is 270 g/mol. The minimum Gasteiger partial charge on any atom is -0.468 e. The molecule has 0 aromatic rings. The third kappa shape index (κ3) is 5.49. The van der Waals surface area contributed by atoms with E-state index in [1.807, 2.05) is 0 Å². The molecule has 4 nitrogen and oxygen atoms in total. The van der Waals surface area contributed by atoms with Crippen LogP contribution >= 0.6 is 0 Å². The van der Waals surface area contributed by atoms with Crippen LogP contribution in [0.5, 0.6) is 0 Å². The fraction of sp³-hybridized carbons (Fsp3) is 0.933. The molecule has 0 aliphatic heterocycles. The van der Waals surface area contributed by atoms with Gasteiger partial charge in [0.15, 0.2) is 0 Å². The average Bonchev–Trinajstić information content (AvgIpc) is 2.34. The van der Waals surface area contributed by atoms with Gasteiger partial charge in [0.2, 0.25) is 0 Å². The molecule has 2 N–H and O–H groups in total. The highest BCUT2D eigenvalue weighted by molar-refractivity contribution is 5.79. The molecular formula is C15H30N2O2. The maximum Gasteiger partial charge on any atom is 0.325 e. The molecule has 0 saturated heterocycles. The molecule has 1 unspecified atom stereocenters. The van der Waals surface area contributed by atoms with Crippen LogP contribution in [0.4, 0.5) is 0 Å². The summed E-state index contributed by atoms with van der Waals surface area (Å²) >= 11 is 0. The maximum atomic E-state index is 11.5. The van der Waals surface area contributed by atoms with E-state index in [2.05, 4.69) is 11.8 Å². The van der Waals surface area contributed by atoms with Gasteiger partial charge < -0.3 is 15.4 Å². The Kier molecular flexibility index (Phi) is 6.80. The van der Waals surface area contributed by atoms with Gasteiger partial charge in [-0.2, -0.15) is 0 Å². The Morgan fingerprint density at radius 3 is 2.58 bits per heavy atom. The Morgan fingerprint density at radius 2 is 2.11 bits per heavy atom. The summed E-state index contributed by atoms with van der Waals surface area (Å²) < 4.78 is 4.71. The quantitative estimate of drug-likeness (QED) is 0.515. The van der Waals surface area contributed by atoms with Crippen LogP contribution in [0.1, 0.15) is 52.4 Å². The number of ether oxygens (including phenoxy) is 1. The van der Waals surface area contributed by atoms with Gasteiger partial charge in [-0.25, -0.2) is 0 Å². The van der Waals surface area contributed by atoms with Crippen molar-refractivity contribution in [2.24, 2.45) is 11.7 Å². The van der Waals surface area contributed by atoms with Crippen molar-refractivity contribution in [2.45, 2.75) is 57.9 Å². The number of hydrogen-bond acceptors (Lipinski definition) is 4. The molecule has 0 heterocycles. The van der Waals surface area contributed by atoms with Gasteiger partial charge in [-0.1, -0.05) is 13.3 Å². The molecule has 19 heavy (non-hydrogen) atoms. The largest absolute Gasteiger partial charge is 0.468 e. The Balaban J connectivity index is 2.15. The van der Waals surface area contributed by atoms with Gasteiger partial charge in [0.1, 0.15) is 5.54 Å². The molecule has 0 aromatic heterocycles. The Bertz CT molecular complexity index is 275. The van der Waals surface area contributed by atoms with Gasteiger partial charge in [0.05, 0.1) is 7.11 Å². The number of rotatable bonds is 9. The predicted octanol–water partition coefficient (Wildman–Crippen LogP) is 2.17. The Morgan fingerprint density at radius 1 is 1.42 bits per heavy atom. The van der Waals surface area contributed by atoms with E-state index in [1.54, 1.807) is 6.92 Å². The summed E-state index contributed by atoms with van der Waals surface area (Å²) in [7, 11) is 1.39. The highest BCUT2D eigenvalue weighted by Gasteiger charge is 2.28. The lowest BCUT2D eigenvalue weighted by atomic mass is 9.85. The van der Waals surface area contributed by atoms with Crippen LogP contribution in [0.25, 0.3) is 0 Å². The molecule has 1 aliphatic rings. The molecule has 1 aliphatic carbocycles. The zero-order chi connectivity index (χ0) is 14.3. The van der Waals surface area contributed by atoms with Gasteiger partial charge >= 0.3 is 5.97 Å². The maximum absolute atomic E-state index is 11.5. The number of unbranched alkanes of at least 4 members (excludes halogenated alkanes) is 1. The third-order valence-corrected chi connectivity index (χ3v) is 4.26. The van der Waals surface area contributed by atoms with E-state index in [0.717, 1.165) is 31.8 Å². The zero-order valence-electron chi connectivity index (χ0n) is 12.8. The van der Waals surface area contributed by atoms with E-state index in [0.29, 0.717) is 6.42 Å². The molecule has 4 heteroatoms. The lowest BCUT2D eigenvalue weighted by Crippen LogP contribution is -2.45. The number of methoxy groups -OCH3 is 1. The summed E-state index contributed by atoms with van der Waals surface area (Å²) in [5, 5.41) is 0. The van der Waals surface area contributed by atoms with Gasteiger partial charge in [0.25, 0.3) is 0 Å². The molecule has 1 rings (SSSR count). The molecule has 1 atom stereocenters. The SMILES string of the molecule is CCN(CCCCC(C)(N)C(=O)OC)CC1CCC1. The molecule has 0 spiro atoms. The number of carbonyl (C=O) groups excluding carboxylic acids is 1. The summed E-state index contributed by atoms with van der Waals surface area (Å²) in [6.07, 6.45) is 6.99. The first-order chi connectivity index (χ1) is 8.99. The smallest absolute Gasteiger partial charge is 0.325 e. The van der Waals surface area contributed by atoms with E-state index in [1.165, 1.54) is 32.9 Å². The highest BCUT2D eigenvalue weighted by atomic mass is 16.5. The van der Waals surface area contributed by atoms with Crippen LogP contribution in [0.15, 0.2) is 0 Å². The fourth-order valence-electron chi connectivity index (χ4n) is 2.58. The second-order valence-electron chi connectivity index (χ2n) is 6.06. The van der Waals surface area contributed by atoms with E-state index in [-0.39, 0.29) is 5.97 Å². The molecule has 112 valence electrons. The first kappa shape index (κ1) is 16.4. The molecule has 0 amide bonds. The summed E-state index contributed by atoms with van der Waals surface area (Å²) in [5.41, 5.74) is 5.11. The second-order valence-corrected chi connectivity index (χ2v) is 6.06. The van der Waals surface area contributed by atoms with Crippen molar-refractivity contribution in [3.8, 4) is 0 Å². The first-order valence-electron chi connectivity index (χ1n) is 7.59. The van der Waals surface area contributed by atoms with Crippen LogP contribution in [-0.2, 0) is 9.53 Å². The van der Waals surface area contributed by atoms with Crippen molar-refractivity contribution in [2.75, 3.05) is 26.7 Å². The van der Waals surface area contributed by atoms with Gasteiger partial charge in [-0.3, -0.25) is 4.79 Å². The lowest BCUT2D eigenvalue weighted by molar-refractivity contribution is -0.146. The standard InChI is InChI=1S/C15H30N2O2/c1-4-17(12-13-8-7-9-13)11-6-5-10-15(2,16)14(18)19-3/h13H,4-12,16H2,1-3H3. The van der Waals surface area contributed by atoms with E-state index in [4.69, 9.17) is 10.5 Å². The lowest BCUT2D eigenvalue weighted by Gasteiger charge is -2.32. The third-order valence-electron chi connectivity index (χ3n) is 4.26. The minimum absolute atomic E-state index is 0.311. The van der Waals surface area contributed by atoms with Gasteiger partial charge in [-0.05, 0) is 58.0 Å². The van der Waals surface area contributed by atoms with Crippen molar-refractivity contribution in [1.29, 1.82) is 0 Å². The average molecular weight is 270 g/mol. The van der Waals surface area contributed by atoms with Crippen LogP contribution in [0.3, 0.4) is 0 Å². The molecule has 0 bridgehead atoms. The minimum atomic E-state index is -0.834. The molecule has 1 saturated carbocycles. The fourth-order valence-corrected chi connectivity index (χ4v) is 2.58. The Hall–Kier alpha value is -0.610. The van der Waals surface area contributed by atoms with Crippen molar-refractivity contribution in [3.05, 3.63) is 0 Å². The van der Waals surface area contributed by atoms with Gasteiger partial charge in [0, 0.05) is 6.54 Å². The first-order valence-corrected chi connectivity index (χ1v) is 7.59. The van der Waals surface area contributed by atoms with Crippen molar-refractivity contribution >= 4 is 5.97 Å². The zero-order valence-corrected chi connectivity index (χ0v) is 12.8. The second kappa shape index (κ2) is 7.85. The molecular weight excluding hydrogens is 240 g/mol. The summed E-state index contributed by atoms with van der Waals surface area (Å²) in [4.78, 5) is 14.0. The Labute approximate surface area is 117 Å². The predicted molar refractivity (Wildman–Crippen MR) is 77.9 cm³/mol. The van der Waals surface area contributed by atoms with Crippen LogP contribution in [0, 0.1) is 5.92 Å². The van der Waals surface area contributed by atoms with Crippen LogP contribution in [0.2, 0.25) is 0 Å². The van der Waals surface area contributed by atoms with Crippen LogP contribution in [-0.4, -0.2) is 43.2 Å². The summed E-state index contributed by atoms with van der Waals surface area (Å²) in [6, 6.07) is 0. The topological polar surface area (TPSA) is 55.6 Å². The van der Waals surface area contributed by atoms with E-state index in [9.17, 15) is 4.79 Å². The van der Waals surface area contributed by atoms with Crippen molar-refractivity contribution < 1.29 is 9.53 Å². The number of nitrogens with two attached hydrogens (primary N) is 1. The van der Waals surface area contributed by atoms with E-state index >= 15 is 0 Å². The van der Waals surface area contributed by atoms with Crippen LogP contribution < -0.4 is 5.73 Å². The summed E-state index contributed by atoms with van der Waals surface area (Å²) in [5.74, 6) is 0.615. The highest BCUT2D eigenvalue weighted by Crippen LogP contribution is 2.27. The van der Waals surface area contributed by atoms with Gasteiger partial charge in [-0.15, -0.1) is 0 Å². The van der Waals surface area contributed by atoms with E-state index < -0.39 is 5.54 Å².